The van der Waals surface area contributed by atoms with Gasteiger partial charge in [0.15, 0.2) is 5.78 Å². The zero-order valence-corrected chi connectivity index (χ0v) is 11.9. The first kappa shape index (κ1) is 13.4. The molecule has 0 bridgehead atoms. The van der Waals surface area contributed by atoms with Gasteiger partial charge in [0.1, 0.15) is 0 Å². The van der Waals surface area contributed by atoms with Crippen LogP contribution in [0.4, 0.5) is 0 Å². The van der Waals surface area contributed by atoms with Gasteiger partial charge in [0.05, 0.1) is 6.54 Å². The average molecular weight is 290 g/mol. The van der Waals surface area contributed by atoms with Crippen LogP contribution in [0, 0.1) is 0 Å². The van der Waals surface area contributed by atoms with E-state index in [1.165, 1.54) is 0 Å². The molecule has 2 aliphatic rings. The van der Waals surface area contributed by atoms with E-state index in [2.05, 4.69) is 0 Å². The Bertz CT molecular complexity index is 589. The molecule has 0 atom stereocenters. The Morgan fingerprint density at radius 2 is 1.75 bits per heavy atom. The van der Waals surface area contributed by atoms with Crippen LogP contribution in [0.5, 0.6) is 0 Å². The van der Waals surface area contributed by atoms with Crippen molar-refractivity contribution in [3.05, 3.63) is 46.1 Å². The highest BCUT2D eigenvalue weighted by Crippen LogP contribution is 2.33. The molecule has 0 unspecified atom stereocenters. The number of hydrogen-bond acceptors (Lipinski definition) is 2. The van der Waals surface area contributed by atoms with Gasteiger partial charge < -0.3 is 4.90 Å². The van der Waals surface area contributed by atoms with Crippen LogP contribution in [0.3, 0.4) is 0 Å². The van der Waals surface area contributed by atoms with Crippen LogP contribution in [-0.2, 0) is 16.1 Å². The van der Waals surface area contributed by atoms with Crippen LogP contribution in [0.15, 0.2) is 35.5 Å². The molecule has 0 spiro atoms. The largest absolute Gasteiger partial charge is 0.311 e. The normalized spacial score (nSPS) is 19.4. The highest BCUT2D eigenvalue weighted by atomic mass is 35.5. The molecule has 0 aromatic heterocycles. The van der Waals surface area contributed by atoms with Crippen molar-refractivity contribution in [2.45, 2.75) is 38.6 Å². The first-order chi connectivity index (χ1) is 9.65. The van der Waals surface area contributed by atoms with E-state index in [0.717, 1.165) is 29.7 Å². The number of hydrogen-bond donors (Lipinski definition) is 0. The summed E-state index contributed by atoms with van der Waals surface area (Å²) in [5, 5.41) is 0.687. The second-order valence-electron chi connectivity index (χ2n) is 5.31. The highest BCUT2D eigenvalue weighted by molar-refractivity contribution is 6.30. The zero-order valence-electron chi connectivity index (χ0n) is 11.2. The molecule has 1 heterocycles. The van der Waals surface area contributed by atoms with E-state index in [9.17, 15) is 9.59 Å². The molecule has 20 heavy (non-hydrogen) atoms. The Hall–Kier alpha value is -1.61. The quantitative estimate of drug-likeness (QED) is 0.836. The summed E-state index contributed by atoms with van der Waals surface area (Å²) in [6.45, 7) is 0.530. The lowest BCUT2D eigenvalue weighted by molar-refractivity contribution is -0.131. The lowest BCUT2D eigenvalue weighted by Crippen LogP contribution is -2.36. The van der Waals surface area contributed by atoms with Gasteiger partial charge >= 0.3 is 0 Å². The van der Waals surface area contributed by atoms with Gasteiger partial charge in [-0.3, -0.25) is 9.59 Å². The van der Waals surface area contributed by atoms with Crippen molar-refractivity contribution in [2.24, 2.45) is 0 Å². The summed E-state index contributed by atoms with van der Waals surface area (Å²) in [7, 11) is 0. The van der Waals surface area contributed by atoms with Crippen LogP contribution >= 0.6 is 11.6 Å². The van der Waals surface area contributed by atoms with E-state index >= 15 is 0 Å². The van der Waals surface area contributed by atoms with E-state index in [0.29, 0.717) is 30.8 Å². The van der Waals surface area contributed by atoms with Gasteiger partial charge in [0, 0.05) is 29.1 Å². The van der Waals surface area contributed by atoms with Crippen molar-refractivity contribution in [3.8, 4) is 0 Å². The second-order valence-corrected chi connectivity index (χ2v) is 5.74. The summed E-state index contributed by atoms with van der Waals surface area (Å²) >= 11 is 5.88. The average Bonchev–Trinajstić information content (AvgIpc) is 2.44. The SMILES string of the molecule is O=C1CCCC2=C1CCC(=O)N2Cc1ccc(Cl)cc1. The van der Waals surface area contributed by atoms with Crippen LogP contribution < -0.4 is 0 Å². The predicted octanol–water partition coefficient (Wildman–Crippen LogP) is 3.47. The van der Waals surface area contributed by atoms with Crippen LogP contribution in [-0.4, -0.2) is 16.6 Å². The summed E-state index contributed by atoms with van der Waals surface area (Å²) in [4.78, 5) is 25.9. The Morgan fingerprint density at radius 3 is 2.50 bits per heavy atom. The van der Waals surface area contributed by atoms with Crippen molar-refractivity contribution in [1.29, 1.82) is 0 Å². The molecule has 0 fully saturated rings. The van der Waals surface area contributed by atoms with Gasteiger partial charge in [-0.05, 0) is 37.0 Å². The molecular weight excluding hydrogens is 274 g/mol. The lowest BCUT2D eigenvalue weighted by Gasteiger charge is -2.34. The summed E-state index contributed by atoms with van der Waals surface area (Å²) in [5.74, 6) is 0.341. The van der Waals surface area contributed by atoms with Crippen molar-refractivity contribution in [1.82, 2.24) is 4.90 Å². The molecule has 1 amide bonds. The molecule has 0 N–H and O–H groups in total. The number of benzene rings is 1. The number of carbonyl (C=O) groups is 2. The number of carbonyl (C=O) groups excluding carboxylic acids is 2. The Balaban J connectivity index is 1.89. The number of ketones is 1. The molecule has 1 aromatic rings. The molecule has 1 aliphatic heterocycles. The predicted molar refractivity (Wildman–Crippen MR) is 77.1 cm³/mol. The fourth-order valence-corrected chi connectivity index (χ4v) is 3.06. The van der Waals surface area contributed by atoms with Gasteiger partial charge in [-0.2, -0.15) is 0 Å². The molecule has 1 aliphatic carbocycles. The fourth-order valence-electron chi connectivity index (χ4n) is 2.93. The minimum Gasteiger partial charge on any atom is -0.311 e. The van der Waals surface area contributed by atoms with Gasteiger partial charge in [-0.1, -0.05) is 23.7 Å². The minimum absolute atomic E-state index is 0.119. The third-order valence-electron chi connectivity index (χ3n) is 3.97. The van der Waals surface area contributed by atoms with Crippen molar-refractivity contribution in [3.63, 3.8) is 0 Å². The maximum atomic E-state index is 12.2. The zero-order chi connectivity index (χ0) is 14.1. The number of Topliss-reactive ketones (excluding diaryl/α,β-unsaturated/α-hetero) is 1. The van der Waals surface area contributed by atoms with E-state index in [4.69, 9.17) is 11.6 Å². The Labute approximate surface area is 123 Å². The van der Waals surface area contributed by atoms with Gasteiger partial charge in [-0.15, -0.1) is 0 Å². The number of nitrogens with zero attached hydrogens (tertiary/aromatic N) is 1. The highest BCUT2D eigenvalue weighted by Gasteiger charge is 2.31. The Kier molecular flexibility index (Phi) is 3.62. The van der Waals surface area contributed by atoms with Crippen molar-refractivity contribution >= 4 is 23.3 Å². The first-order valence-corrected chi connectivity index (χ1v) is 7.33. The minimum atomic E-state index is 0.119. The standard InChI is InChI=1S/C16H16ClNO2/c17-12-6-4-11(5-7-12)10-18-14-2-1-3-15(19)13(14)8-9-16(18)20/h4-7H,1-3,8-10H2. The molecule has 104 valence electrons. The number of amides is 1. The molecule has 0 radical (unpaired) electrons. The molecule has 0 saturated heterocycles. The summed E-state index contributed by atoms with van der Waals surface area (Å²) in [6, 6.07) is 7.50. The smallest absolute Gasteiger partial charge is 0.227 e. The molecule has 3 rings (SSSR count). The number of halogens is 1. The van der Waals surface area contributed by atoms with E-state index in [1.54, 1.807) is 4.90 Å². The lowest BCUT2D eigenvalue weighted by atomic mass is 9.88. The third kappa shape index (κ3) is 2.50. The third-order valence-corrected chi connectivity index (χ3v) is 4.22. The molecular formula is C16H16ClNO2. The monoisotopic (exact) mass is 289 g/mol. The number of allylic oxidation sites excluding steroid dienone is 2. The fraction of sp³-hybridized carbons (Fsp3) is 0.375. The molecule has 0 saturated carbocycles. The van der Waals surface area contributed by atoms with Crippen LogP contribution in [0.1, 0.15) is 37.7 Å². The molecule has 1 aromatic carbocycles. The topological polar surface area (TPSA) is 37.4 Å². The first-order valence-electron chi connectivity index (χ1n) is 6.95. The van der Waals surface area contributed by atoms with Gasteiger partial charge in [-0.25, -0.2) is 0 Å². The van der Waals surface area contributed by atoms with Crippen LogP contribution in [0.25, 0.3) is 0 Å². The van der Waals surface area contributed by atoms with Crippen molar-refractivity contribution in [2.75, 3.05) is 0 Å². The molecule has 3 nitrogen and oxygen atoms in total. The number of rotatable bonds is 2. The van der Waals surface area contributed by atoms with E-state index < -0.39 is 0 Å². The molecule has 4 heteroatoms. The summed E-state index contributed by atoms with van der Waals surface area (Å²) < 4.78 is 0. The van der Waals surface area contributed by atoms with E-state index in [-0.39, 0.29) is 11.7 Å². The van der Waals surface area contributed by atoms with Gasteiger partial charge in [0.2, 0.25) is 5.91 Å². The second kappa shape index (κ2) is 5.41. The van der Waals surface area contributed by atoms with Crippen molar-refractivity contribution < 1.29 is 9.59 Å². The van der Waals surface area contributed by atoms with Crippen LogP contribution in [0.2, 0.25) is 5.02 Å². The maximum absolute atomic E-state index is 12.2. The summed E-state index contributed by atoms with van der Waals surface area (Å²) in [5.41, 5.74) is 2.87. The summed E-state index contributed by atoms with van der Waals surface area (Å²) in [6.07, 6.45) is 3.37. The Morgan fingerprint density at radius 1 is 1.00 bits per heavy atom. The maximum Gasteiger partial charge on any atom is 0.227 e. The van der Waals surface area contributed by atoms with E-state index in [1.807, 2.05) is 24.3 Å². The van der Waals surface area contributed by atoms with Gasteiger partial charge in [0.25, 0.3) is 0 Å².